The zero-order chi connectivity index (χ0) is 14.3. The third-order valence-corrected chi connectivity index (χ3v) is 1.61. The van der Waals surface area contributed by atoms with Crippen LogP contribution in [0.1, 0.15) is 28.2 Å². The lowest BCUT2D eigenvalue weighted by Crippen LogP contribution is -2.47. The van der Waals surface area contributed by atoms with Crippen molar-refractivity contribution in [2.45, 2.75) is 39.8 Å². The van der Waals surface area contributed by atoms with Crippen LogP contribution in [0.15, 0.2) is 0 Å². The Hall–Kier alpha value is -1.83. The predicted molar refractivity (Wildman–Crippen MR) is 67.6 cm³/mol. The van der Waals surface area contributed by atoms with E-state index in [1.807, 2.05) is 5.32 Å². The summed E-state index contributed by atoms with van der Waals surface area (Å²) in [6.07, 6.45) is -0.784. The Balaban J connectivity index is 0. The van der Waals surface area contributed by atoms with Gasteiger partial charge in [0.25, 0.3) is 0 Å². The van der Waals surface area contributed by atoms with E-state index in [2.05, 4.69) is 5.32 Å². The first kappa shape index (κ1) is 19.5. The molecule has 0 fully saturated rings. The van der Waals surface area contributed by atoms with Crippen molar-refractivity contribution >= 4 is 18.0 Å². The van der Waals surface area contributed by atoms with E-state index < -0.39 is 42.8 Å². The van der Waals surface area contributed by atoms with Gasteiger partial charge in [0.1, 0.15) is 18.2 Å². The average Bonchev–Trinajstić information content (AvgIpc) is 2.20. The van der Waals surface area contributed by atoms with Gasteiger partial charge in [-0.25, -0.2) is 9.59 Å². The minimum atomic E-state index is -1.39. The number of carbonyl (C=O) groups is 3. The number of aliphatic hydroxyl groups excluding tert-OH is 1. The smallest absolute Gasteiger partial charge is 0.408 e. The Labute approximate surface area is 112 Å². The highest BCUT2D eigenvalue weighted by atomic mass is 16.6. The summed E-state index contributed by atoms with van der Waals surface area (Å²) < 4.78 is 4.87. The van der Waals surface area contributed by atoms with Crippen LogP contribution in [0.25, 0.3) is 0 Å². The first-order valence-corrected chi connectivity index (χ1v) is 5.25. The number of rotatable bonds is 5. The Morgan fingerprint density at radius 3 is 2.16 bits per heavy atom. The Bertz CT molecular complexity index is 324. The molecule has 0 aliphatic carbocycles. The number of amides is 2. The van der Waals surface area contributed by atoms with E-state index in [4.69, 9.17) is 14.9 Å². The molecule has 19 heavy (non-hydrogen) atoms. The maximum absolute atomic E-state index is 11.2. The van der Waals surface area contributed by atoms with Crippen molar-refractivity contribution in [1.82, 2.24) is 10.6 Å². The van der Waals surface area contributed by atoms with Crippen molar-refractivity contribution in [3.8, 4) is 0 Å². The van der Waals surface area contributed by atoms with Crippen molar-refractivity contribution in [1.29, 1.82) is 0 Å². The molecule has 0 aliphatic rings. The quantitative estimate of drug-likeness (QED) is 0.547. The zero-order valence-electron chi connectivity index (χ0n) is 10.5. The second-order valence-electron chi connectivity index (χ2n) is 4.50. The van der Waals surface area contributed by atoms with Crippen LogP contribution in [-0.2, 0) is 14.3 Å². The van der Waals surface area contributed by atoms with Gasteiger partial charge in [-0.05, 0) is 20.8 Å². The van der Waals surface area contributed by atoms with Gasteiger partial charge in [0, 0.05) is 0 Å². The van der Waals surface area contributed by atoms with Crippen molar-refractivity contribution in [3.63, 3.8) is 0 Å². The molecule has 0 aliphatic heterocycles. The second kappa shape index (κ2) is 8.30. The number of carboxylic acid groups (broad SMARTS) is 1. The number of nitrogens with one attached hydrogen (secondary N) is 2. The minimum Gasteiger partial charge on any atom is -0.480 e. The van der Waals surface area contributed by atoms with Gasteiger partial charge in [0.2, 0.25) is 5.91 Å². The zero-order valence-corrected chi connectivity index (χ0v) is 10.5. The molecular formula is C11H22N2O6. The fourth-order valence-corrected chi connectivity index (χ4v) is 0.897. The molecule has 0 saturated carbocycles. The van der Waals surface area contributed by atoms with E-state index in [1.165, 1.54) is 0 Å². The van der Waals surface area contributed by atoms with Crippen molar-refractivity contribution in [2.24, 2.45) is 0 Å². The van der Waals surface area contributed by atoms with Gasteiger partial charge in [-0.2, -0.15) is 0 Å². The summed E-state index contributed by atoms with van der Waals surface area (Å²) in [6.45, 7) is 3.84. The first-order valence-electron chi connectivity index (χ1n) is 5.25. The van der Waals surface area contributed by atoms with Crippen molar-refractivity contribution < 1.29 is 29.3 Å². The number of hydrogen-bond acceptors (Lipinski definition) is 5. The van der Waals surface area contributed by atoms with Crippen LogP contribution in [0.3, 0.4) is 0 Å². The average molecular weight is 278 g/mol. The van der Waals surface area contributed by atoms with E-state index >= 15 is 0 Å². The standard InChI is InChI=1S/C10H18N2O6.CH4/c1-10(2,3)18-9(17)11-4-7(14)12-6(5-13)8(15)16;/h6,13H,4-5H2,1-3H3,(H,11,17)(H,12,14)(H,15,16);1H4/t6-;/m0./s1. The summed E-state index contributed by atoms with van der Waals surface area (Å²) >= 11 is 0. The summed E-state index contributed by atoms with van der Waals surface area (Å²) in [6, 6.07) is -1.39. The molecule has 0 saturated heterocycles. The van der Waals surface area contributed by atoms with Gasteiger partial charge in [-0.1, -0.05) is 7.43 Å². The van der Waals surface area contributed by atoms with E-state index in [1.54, 1.807) is 20.8 Å². The molecule has 0 spiro atoms. The van der Waals surface area contributed by atoms with Crippen LogP contribution in [0.4, 0.5) is 4.79 Å². The highest BCUT2D eigenvalue weighted by molar-refractivity contribution is 5.86. The SMILES string of the molecule is C.CC(C)(C)OC(=O)NCC(=O)N[C@@H](CO)C(=O)O. The summed E-state index contributed by atoms with van der Waals surface area (Å²) in [5.74, 6) is -2.09. The summed E-state index contributed by atoms with van der Waals surface area (Å²) in [5.41, 5.74) is -0.685. The number of aliphatic carboxylic acids is 1. The van der Waals surface area contributed by atoms with E-state index in [0.717, 1.165) is 0 Å². The maximum atomic E-state index is 11.2. The number of ether oxygens (including phenoxy) is 1. The molecule has 0 radical (unpaired) electrons. The molecule has 112 valence electrons. The first-order chi connectivity index (χ1) is 8.15. The van der Waals surface area contributed by atoms with Gasteiger partial charge in [-0.3, -0.25) is 4.79 Å². The summed E-state index contributed by atoms with van der Waals surface area (Å²) in [7, 11) is 0. The van der Waals surface area contributed by atoms with Gasteiger partial charge < -0.3 is 25.6 Å². The Kier molecular flexibility index (Phi) is 8.53. The van der Waals surface area contributed by atoms with Gasteiger partial charge >= 0.3 is 12.1 Å². The lowest BCUT2D eigenvalue weighted by Gasteiger charge is -2.19. The maximum Gasteiger partial charge on any atom is 0.408 e. The van der Waals surface area contributed by atoms with Gasteiger partial charge in [0.15, 0.2) is 0 Å². The molecule has 0 aromatic rings. The topological polar surface area (TPSA) is 125 Å². The third-order valence-electron chi connectivity index (χ3n) is 1.61. The minimum absolute atomic E-state index is 0. The van der Waals surface area contributed by atoms with E-state index in [0.29, 0.717) is 0 Å². The van der Waals surface area contributed by atoms with Crippen LogP contribution < -0.4 is 10.6 Å². The van der Waals surface area contributed by atoms with Crippen LogP contribution in [0.5, 0.6) is 0 Å². The van der Waals surface area contributed by atoms with E-state index in [-0.39, 0.29) is 7.43 Å². The summed E-state index contributed by atoms with van der Waals surface area (Å²) in [5, 5.41) is 21.4. The van der Waals surface area contributed by atoms with Crippen LogP contribution in [-0.4, -0.2) is 53.0 Å². The predicted octanol–water partition coefficient (Wildman–Crippen LogP) is -0.291. The molecule has 0 rings (SSSR count). The number of carboxylic acids is 1. The fourth-order valence-electron chi connectivity index (χ4n) is 0.897. The molecular weight excluding hydrogens is 256 g/mol. The fraction of sp³-hybridized carbons (Fsp3) is 0.727. The molecule has 2 amide bonds. The number of hydrogen-bond donors (Lipinski definition) is 4. The number of carbonyl (C=O) groups excluding carboxylic acids is 2. The third kappa shape index (κ3) is 9.83. The summed E-state index contributed by atoms with van der Waals surface area (Å²) in [4.78, 5) is 32.9. The van der Waals surface area contributed by atoms with Crippen molar-refractivity contribution in [2.75, 3.05) is 13.2 Å². The number of aliphatic hydroxyl groups is 1. The molecule has 0 unspecified atom stereocenters. The lowest BCUT2D eigenvalue weighted by atomic mass is 10.2. The second-order valence-corrected chi connectivity index (χ2v) is 4.50. The number of alkyl carbamates (subject to hydrolysis) is 1. The van der Waals surface area contributed by atoms with Crippen LogP contribution in [0.2, 0.25) is 0 Å². The van der Waals surface area contributed by atoms with Crippen molar-refractivity contribution in [3.05, 3.63) is 0 Å². The highest BCUT2D eigenvalue weighted by Gasteiger charge is 2.20. The molecule has 1 atom stereocenters. The molecule has 0 heterocycles. The molecule has 0 aromatic heterocycles. The largest absolute Gasteiger partial charge is 0.480 e. The van der Waals surface area contributed by atoms with Gasteiger partial charge in [-0.15, -0.1) is 0 Å². The van der Waals surface area contributed by atoms with E-state index in [9.17, 15) is 14.4 Å². The highest BCUT2D eigenvalue weighted by Crippen LogP contribution is 2.05. The molecule has 8 heteroatoms. The molecule has 8 nitrogen and oxygen atoms in total. The Morgan fingerprint density at radius 1 is 1.26 bits per heavy atom. The molecule has 0 bridgehead atoms. The Morgan fingerprint density at radius 2 is 1.79 bits per heavy atom. The monoisotopic (exact) mass is 278 g/mol. The van der Waals surface area contributed by atoms with Crippen LogP contribution >= 0.6 is 0 Å². The van der Waals surface area contributed by atoms with Gasteiger partial charge in [0.05, 0.1) is 6.61 Å². The lowest BCUT2D eigenvalue weighted by molar-refractivity contribution is -0.142. The normalized spacial score (nSPS) is 11.8. The molecule has 0 aromatic carbocycles. The molecule has 4 N–H and O–H groups in total. The van der Waals surface area contributed by atoms with Crippen LogP contribution in [0, 0.1) is 0 Å².